The number of nitrogens with zero attached hydrogens (tertiary/aromatic N) is 2. The van der Waals surface area contributed by atoms with Gasteiger partial charge in [-0.25, -0.2) is 4.98 Å². The minimum atomic E-state index is -0.270. The van der Waals surface area contributed by atoms with Crippen LogP contribution in [0.5, 0.6) is 0 Å². The minimum absolute atomic E-state index is 0.0487. The average Bonchev–Trinajstić information content (AvgIpc) is 3.19. The molecule has 0 spiro atoms. The lowest BCUT2D eigenvalue weighted by atomic mass is 10.2. The summed E-state index contributed by atoms with van der Waals surface area (Å²) >= 11 is 5.92. The fourth-order valence-electron chi connectivity index (χ4n) is 3.14. The summed E-state index contributed by atoms with van der Waals surface area (Å²) < 4.78 is 10.6. The van der Waals surface area contributed by atoms with E-state index in [9.17, 15) is 4.79 Å². The fraction of sp³-hybridized carbons (Fsp3) is 0.263. The van der Waals surface area contributed by atoms with Crippen LogP contribution in [-0.2, 0) is 16.1 Å². The number of carbonyl (C=O) groups is 1. The molecule has 1 aliphatic rings. The molecule has 134 valence electrons. The molecule has 0 aliphatic carbocycles. The number of nitrogens with one attached hydrogen (secondary N) is 1. The number of ether oxygens (including phenoxy) is 1. The first-order valence-corrected chi connectivity index (χ1v) is 8.74. The van der Waals surface area contributed by atoms with E-state index in [1.54, 1.807) is 24.1 Å². The lowest BCUT2D eigenvalue weighted by molar-refractivity contribution is -0.117. The van der Waals surface area contributed by atoms with Gasteiger partial charge in [0.25, 0.3) is 0 Å². The lowest BCUT2D eigenvalue weighted by Crippen LogP contribution is -2.33. The van der Waals surface area contributed by atoms with E-state index in [-0.39, 0.29) is 11.9 Å². The molecule has 0 radical (unpaired) electrons. The molecule has 1 aromatic heterocycles. The molecule has 3 aromatic rings. The van der Waals surface area contributed by atoms with Crippen molar-refractivity contribution in [3.63, 3.8) is 0 Å². The van der Waals surface area contributed by atoms with Crippen LogP contribution in [0.25, 0.3) is 11.1 Å². The number of oxazole rings is 1. The molecular weight excluding hydrogens is 354 g/mol. The van der Waals surface area contributed by atoms with Crippen molar-refractivity contribution in [3.8, 4) is 0 Å². The number of hydrogen-bond acceptors (Lipinski definition) is 5. The van der Waals surface area contributed by atoms with Crippen molar-refractivity contribution in [2.45, 2.75) is 19.1 Å². The summed E-state index contributed by atoms with van der Waals surface area (Å²) in [5.41, 5.74) is 3.14. The van der Waals surface area contributed by atoms with Gasteiger partial charge < -0.3 is 19.4 Å². The molecule has 1 saturated heterocycles. The number of amides is 1. The number of methoxy groups -OCH3 is 1. The van der Waals surface area contributed by atoms with Crippen LogP contribution >= 0.6 is 11.6 Å². The second-order valence-corrected chi connectivity index (χ2v) is 6.61. The molecule has 6 nitrogen and oxygen atoms in total. The molecule has 2 heterocycles. The third kappa shape index (κ3) is 3.25. The molecule has 0 saturated carbocycles. The van der Waals surface area contributed by atoms with Gasteiger partial charge in [0, 0.05) is 30.1 Å². The predicted octanol–water partition coefficient (Wildman–Crippen LogP) is 3.85. The summed E-state index contributed by atoms with van der Waals surface area (Å²) in [5.74, 6) is 0.582. The van der Waals surface area contributed by atoms with Crippen molar-refractivity contribution in [1.82, 2.24) is 4.98 Å². The SMILES string of the molecule is COCc1nc2cc(NC3CCN(c4ccc(Cl)cc4)C3=O)ccc2o1. The fourth-order valence-corrected chi connectivity index (χ4v) is 3.27. The molecule has 1 fully saturated rings. The van der Waals surface area contributed by atoms with Crippen LogP contribution in [0.15, 0.2) is 46.9 Å². The van der Waals surface area contributed by atoms with Crippen molar-refractivity contribution < 1.29 is 13.9 Å². The summed E-state index contributed by atoms with van der Waals surface area (Å²) in [6.45, 7) is 0.997. The third-order valence-electron chi connectivity index (χ3n) is 4.38. The van der Waals surface area contributed by atoms with Crippen molar-refractivity contribution in [3.05, 3.63) is 53.4 Å². The molecule has 1 aliphatic heterocycles. The van der Waals surface area contributed by atoms with Gasteiger partial charge in [0.05, 0.1) is 0 Å². The van der Waals surface area contributed by atoms with E-state index in [0.717, 1.165) is 23.3 Å². The number of rotatable bonds is 5. The Balaban J connectivity index is 1.49. The maximum atomic E-state index is 12.7. The van der Waals surface area contributed by atoms with Gasteiger partial charge in [-0.3, -0.25) is 4.79 Å². The molecule has 7 heteroatoms. The Morgan fingerprint density at radius 2 is 2.12 bits per heavy atom. The van der Waals surface area contributed by atoms with E-state index < -0.39 is 0 Å². The molecule has 0 bridgehead atoms. The third-order valence-corrected chi connectivity index (χ3v) is 4.64. The number of halogens is 1. The number of fused-ring (bicyclic) bond motifs is 1. The van der Waals surface area contributed by atoms with Crippen molar-refractivity contribution in [2.24, 2.45) is 0 Å². The molecule has 4 rings (SSSR count). The summed E-state index contributed by atoms with van der Waals surface area (Å²) in [6, 6.07) is 12.7. The molecule has 1 atom stereocenters. The van der Waals surface area contributed by atoms with Crippen molar-refractivity contribution in [2.75, 3.05) is 23.9 Å². The van der Waals surface area contributed by atoms with Crippen LogP contribution in [0, 0.1) is 0 Å². The normalized spacial score (nSPS) is 17.2. The van der Waals surface area contributed by atoms with Crippen LogP contribution in [0.3, 0.4) is 0 Å². The quantitative estimate of drug-likeness (QED) is 0.738. The molecular formula is C19H18ClN3O3. The smallest absolute Gasteiger partial charge is 0.249 e. The number of aromatic nitrogens is 1. The number of carbonyl (C=O) groups excluding carboxylic acids is 1. The van der Waals surface area contributed by atoms with Crippen LogP contribution in [-0.4, -0.2) is 30.6 Å². The summed E-state index contributed by atoms with van der Waals surface area (Å²) in [6.07, 6.45) is 0.729. The van der Waals surface area contributed by atoms with E-state index in [2.05, 4.69) is 10.3 Å². The standard InChI is InChI=1S/C19H18ClN3O3/c1-25-11-18-22-16-10-13(4-7-17(16)26-18)21-15-8-9-23(19(15)24)14-5-2-12(20)3-6-14/h2-7,10,15,21H,8-9,11H2,1H3. The molecule has 26 heavy (non-hydrogen) atoms. The largest absolute Gasteiger partial charge is 0.438 e. The summed E-state index contributed by atoms with van der Waals surface area (Å²) in [7, 11) is 1.60. The zero-order chi connectivity index (χ0) is 18.1. The second-order valence-electron chi connectivity index (χ2n) is 6.18. The number of hydrogen-bond donors (Lipinski definition) is 1. The lowest BCUT2D eigenvalue weighted by Gasteiger charge is -2.17. The van der Waals surface area contributed by atoms with Gasteiger partial charge in [0.1, 0.15) is 18.2 Å². The highest BCUT2D eigenvalue weighted by atomic mass is 35.5. The van der Waals surface area contributed by atoms with Gasteiger partial charge in [0.15, 0.2) is 5.58 Å². The first-order valence-electron chi connectivity index (χ1n) is 8.36. The van der Waals surface area contributed by atoms with Gasteiger partial charge in [-0.15, -0.1) is 0 Å². The highest BCUT2D eigenvalue weighted by Gasteiger charge is 2.32. The van der Waals surface area contributed by atoms with Crippen LogP contribution in [0.1, 0.15) is 12.3 Å². The molecule has 1 unspecified atom stereocenters. The Bertz CT molecular complexity index is 939. The van der Waals surface area contributed by atoms with Gasteiger partial charge in [0.2, 0.25) is 11.8 Å². The molecule has 1 N–H and O–H groups in total. The zero-order valence-electron chi connectivity index (χ0n) is 14.2. The zero-order valence-corrected chi connectivity index (χ0v) is 15.0. The van der Waals surface area contributed by atoms with Crippen LogP contribution in [0.4, 0.5) is 11.4 Å². The number of benzene rings is 2. The van der Waals surface area contributed by atoms with Crippen molar-refractivity contribution in [1.29, 1.82) is 0 Å². The van der Waals surface area contributed by atoms with Gasteiger partial charge in [-0.1, -0.05) is 11.6 Å². The molecule has 2 aromatic carbocycles. The summed E-state index contributed by atoms with van der Waals surface area (Å²) in [4.78, 5) is 18.9. The first kappa shape index (κ1) is 16.9. The minimum Gasteiger partial charge on any atom is -0.438 e. The Hall–Kier alpha value is -2.57. The van der Waals surface area contributed by atoms with E-state index in [4.69, 9.17) is 20.8 Å². The maximum absolute atomic E-state index is 12.7. The van der Waals surface area contributed by atoms with E-state index >= 15 is 0 Å². The maximum Gasteiger partial charge on any atom is 0.249 e. The Labute approximate surface area is 155 Å². The predicted molar refractivity (Wildman–Crippen MR) is 101 cm³/mol. The van der Waals surface area contributed by atoms with Gasteiger partial charge in [-0.05, 0) is 48.9 Å². The van der Waals surface area contributed by atoms with Crippen molar-refractivity contribution >= 4 is 40.0 Å². The number of anilines is 2. The first-order chi connectivity index (χ1) is 12.6. The Morgan fingerprint density at radius 3 is 2.88 bits per heavy atom. The van der Waals surface area contributed by atoms with Gasteiger partial charge >= 0.3 is 0 Å². The molecule has 1 amide bonds. The van der Waals surface area contributed by atoms with Crippen LogP contribution in [0.2, 0.25) is 5.02 Å². The highest BCUT2D eigenvalue weighted by Crippen LogP contribution is 2.26. The van der Waals surface area contributed by atoms with Gasteiger partial charge in [-0.2, -0.15) is 0 Å². The Morgan fingerprint density at radius 1 is 1.31 bits per heavy atom. The van der Waals surface area contributed by atoms with E-state index in [1.807, 2.05) is 30.3 Å². The monoisotopic (exact) mass is 371 g/mol. The second kappa shape index (κ2) is 6.97. The van der Waals surface area contributed by atoms with Crippen LogP contribution < -0.4 is 10.2 Å². The average molecular weight is 372 g/mol. The topological polar surface area (TPSA) is 67.6 Å². The summed E-state index contributed by atoms with van der Waals surface area (Å²) in [5, 5.41) is 3.96. The Kier molecular flexibility index (Phi) is 4.53. The highest BCUT2D eigenvalue weighted by molar-refractivity contribution is 6.30. The van der Waals surface area contributed by atoms with E-state index in [1.165, 1.54) is 0 Å². The van der Waals surface area contributed by atoms with E-state index in [0.29, 0.717) is 29.6 Å².